The van der Waals surface area contributed by atoms with Crippen LogP contribution in [0.5, 0.6) is 11.5 Å². The Balaban J connectivity index is 1.63. The normalized spacial score (nSPS) is 15.6. The van der Waals surface area contributed by atoms with Gasteiger partial charge in [0.15, 0.2) is 17.6 Å². The molecule has 0 aliphatic carbocycles. The highest BCUT2D eigenvalue weighted by molar-refractivity contribution is 5.81. The van der Waals surface area contributed by atoms with E-state index >= 15 is 0 Å². The van der Waals surface area contributed by atoms with Crippen molar-refractivity contribution in [3.8, 4) is 11.5 Å². The Hall–Kier alpha value is -2.90. The fourth-order valence-corrected chi connectivity index (χ4v) is 3.45. The van der Waals surface area contributed by atoms with Crippen LogP contribution in [0.15, 0.2) is 48.5 Å². The number of rotatable bonds is 6. The number of halogens is 3. The van der Waals surface area contributed by atoms with Crippen LogP contribution in [-0.4, -0.2) is 50.2 Å². The Bertz CT molecular complexity index is 865. The fourth-order valence-electron chi connectivity index (χ4n) is 3.45. The van der Waals surface area contributed by atoms with Gasteiger partial charge in [-0.05, 0) is 36.8 Å². The van der Waals surface area contributed by atoms with Crippen molar-refractivity contribution < 1.29 is 27.4 Å². The molecule has 2 aromatic rings. The monoisotopic (exact) mass is 422 g/mol. The molecule has 1 atom stereocenters. The highest BCUT2D eigenvalue weighted by Gasteiger charge is 2.32. The first kappa shape index (κ1) is 21.8. The SMILES string of the molecule is CC[C@H](Oc1ccccc1OC)C(=O)N1CCN(c2cccc(C(F)(F)F)c2)CC1. The second-order valence-corrected chi connectivity index (χ2v) is 7.03. The summed E-state index contributed by atoms with van der Waals surface area (Å²) < 4.78 is 50.1. The van der Waals surface area contributed by atoms with Crippen molar-refractivity contribution in [2.24, 2.45) is 0 Å². The van der Waals surface area contributed by atoms with Crippen molar-refractivity contribution in [1.82, 2.24) is 4.90 Å². The van der Waals surface area contributed by atoms with E-state index in [4.69, 9.17) is 9.47 Å². The molecule has 1 amide bonds. The van der Waals surface area contributed by atoms with Gasteiger partial charge in [0.05, 0.1) is 12.7 Å². The van der Waals surface area contributed by atoms with Gasteiger partial charge in [0, 0.05) is 31.9 Å². The summed E-state index contributed by atoms with van der Waals surface area (Å²) in [5, 5.41) is 0. The second kappa shape index (κ2) is 9.28. The number of amides is 1. The minimum Gasteiger partial charge on any atom is -0.493 e. The topological polar surface area (TPSA) is 42.0 Å². The maximum atomic E-state index is 13.0. The number of carbonyl (C=O) groups excluding carboxylic acids is 1. The quantitative estimate of drug-likeness (QED) is 0.699. The van der Waals surface area contributed by atoms with Crippen molar-refractivity contribution >= 4 is 11.6 Å². The number of alkyl halides is 3. The molecule has 5 nitrogen and oxygen atoms in total. The summed E-state index contributed by atoms with van der Waals surface area (Å²) >= 11 is 0. The lowest BCUT2D eigenvalue weighted by atomic mass is 10.1. The molecule has 1 heterocycles. The molecule has 0 saturated carbocycles. The Morgan fingerprint density at radius 3 is 2.30 bits per heavy atom. The van der Waals surface area contributed by atoms with Crippen molar-refractivity contribution in [2.75, 3.05) is 38.2 Å². The van der Waals surface area contributed by atoms with Crippen LogP contribution in [0, 0.1) is 0 Å². The third-order valence-electron chi connectivity index (χ3n) is 5.11. The average molecular weight is 422 g/mol. The minimum atomic E-state index is -4.38. The Kier molecular flexibility index (Phi) is 6.74. The van der Waals surface area contributed by atoms with Crippen LogP contribution in [0.4, 0.5) is 18.9 Å². The first-order valence-corrected chi connectivity index (χ1v) is 9.84. The van der Waals surface area contributed by atoms with Crippen LogP contribution < -0.4 is 14.4 Å². The zero-order chi connectivity index (χ0) is 21.7. The number of nitrogens with zero attached hydrogens (tertiary/aromatic N) is 2. The molecular weight excluding hydrogens is 397 g/mol. The lowest BCUT2D eigenvalue weighted by Crippen LogP contribution is -2.52. The number of anilines is 1. The Morgan fingerprint density at radius 2 is 1.70 bits per heavy atom. The van der Waals surface area contributed by atoms with E-state index in [1.165, 1.54) is 13.2 Å². The summed E-state index contributed by atoms with van der Waals surface area (Å²) in [6, 6.07) is 12.4. The molecule has 1 aliphatic heterocycles. The summed E-state index contributed by atoms with van der Waals surface area (Å²) in [6.45, 7) is 3.62. The molecule has 0 bridgehead atoms. The van der Waals surface area contributed by atoms with Gasteiger partial charge in [0.25, 0.3) is 5.91 Å². The van der Waals surface area contributed by atoms with Gasteiger partial charge in [-0.2, -0.15) is 13.2 Å². The van der Waals surface area contributed by atoms with Gasteiger partial charge in [-0.25, -0.2) is 0 Å². The van der Waals surface area contributed by atoms with E-state index in [2.05, 4.69) is 0 Å². The Morgan fingerprint density at radius 1 is 1.03 bits per heavy atom. The predicted octanol–water partition coefficient (Wildman–Crippen LogP) is 4.22. The number of piperazine rings is 1. The van der Waals surface area contributed by atoms with Crippen LogP contribution in [0.3, 0.4) is 0 Å². The van der Waals surface area contributed by atoms with Gasteiger partial charge in [-0.15, -0.1) is 0 Å². The van der Waals surface area contributed by atoms with E-state index in [1.54, 1.807) is 23.1 Å². The van der Waals surface area contributed by atoms with Crippen LogP contribution >= 0.6 is 0 Å². The lowest BCUT2D eigenvalue weighted by Gasteiger charge is -2.37. The van der Waals surface area contributed by atoms with E-state index in [0.717, 1.165) is 12.1 Å². The maximum Gasteiger partial charge on any atom is 0.416 e. The van der Waals surface area contributed by atoms with E-state index in [9.17, 15) is 18.0 Å². The number of hydrogen-bond donors (Lipinski definition) is 0. The summed E-state index contributed by atoms with van der Waals surface area (Å²) in [4.78, 5) is 16.5. The number of methoxy groups -OCH3 is 1. The first-order valence-electron chi connectivity index (χ1n) is 9.84. The van der Waals surface area contributed by atoms with Gasteiger partial charge in [0.2, 0.25) is 0 Å². The summed E-state index contributed by atoms with van der Waals surface area (Å²) in [5.74, 6) is 0.924. The van der Waals surface area contributed by atoms with Crippen molar-refractivity contribution in [1.29, 1.82) is 0 Å². The predicted molar refractivity (Wildman–Crippen MR) is 108 cm³/mol. The van der Waals surface area contributed by atoms with Gasteiger partial charge in [-0.3, -0.25) is 4.79 Å². The van der Waals surface area contributed by atoms with E-state index in [0.29, 0.717) is 49.8 Å². The molecule has 2 aromatic carbocycles. The largest absolute Gasteiger partial charge is 0.493 e. The second-order valence-electron chi connectivity index (χ2n) is 7.03. The van der Waals surface area contributed by atoms with Gasteiger partial charge >= 0.3 is 6.18 Å². The molecule has 30 heavy (non-hydrogen) atoms. The maximum absolute atomic E-state index is 13.0. The number of benzene rings is 2. The molecule has 0 radical (unpaired) electrons. The third-order valence-corrected chi connectivity index (χ3v) is 5.11. The molecule has 0 N–H and O–H groups in total. The van der Waals surface area contributed by atoms with Crippen LogP contribution in [0.2, 0.25) is 0 Å². The number of carbonyl (C=O) groups is 1. The standard InChI is InChI=1S/C22H25F3N2O3/c1-3-18(30-20-10-5-4-9-19(20)29-2)21(28)27-13-11-26(12-14-27)17-8-6-7-16(15-17)22(23,24)25/h4-10,15,18H,3,11-14H2,1-2H3/t18-/m0/s1. The summed E-state index contributed by atoms with van der Waals surface area (Å²) in [5.41, 5.74) is -0.163. The van der Waals surface area contributed by atoms with E-state index in [-0.39, 0.29) is 5.91 Å². The molecule has 1 aliphatic rings. The number of para-hydroxylation sites is 2. The molecule has 3 rings (SSSR count). The van der Waals surface area contributed by atoms with Crippen molar-refractivity contribution in [3.05, 3.63) is 54.1 Å². The molecule has 0 unspecified atom stereocenters. The van der Waals surface area contributed by atoms with E-state index in [1.807, 2.05) is 24.0 Å². The van der Waals surface area contributed by atoms with Crippen molar-refractivity contribution in [3.63, 3.8) is 0 Å². The number of hydrogen-bond acceptors (Lipinski definition) is 4. The van der Waals surface area contributed by atoms with Crippen LogP contribution in [0.25, 0.3) is 0 Å². The first-order chi connectivity index (χ1) is 14.3. The number of ether oxygens (including phenoxy) is 2. The molecular formula is C22H25F3N2O3. The molecule has 0 spiro atoms. The third kappa shape index (κ3) is 4.98. The van der Waals surface area contributed by atoms with Crippen LogP contribution in [-0.2, 0) is 11.0 Å². The molecule has 8 heteroatoms. The molecule has 162 valence electrons. The summed E-state index contributed by atoms with van der Waals surface area (Å²) in [6.07, 6.45) is -4.54. The zero-order valence-corrected chi connectivity index (χ0v) is 17.0. The Labute approximate surface area is 174 Å². The minimum absolute atomic E-state index is 0.132. The fraction of sp³-hybridized carbons (Fsp3) is 0.409. The van der Waals surface area contributed by atoms with Gasteiger partial charge < -0.3 is 19.3 Å². The van der Waals surface area contributed by atoms with E-state index < -0.39 is 17.8 Å². The highest BCUT2D eigenvalue weighted by Crippen LogP contribution is 2.32. The lowest BCUT2D eigenvalue weighted by molar-refractivity contribution is -0.139. The zero-order valence-electron chi connectivity index (χ0n) is 17.0. The molecule has 0 aromatic heterocycles. The van der Waals surface area contributed by atoms with Gasteiger partial charge in [-0.1, -0.05) is 25.1 Å². The smallest absolute Gasteiger partial charge is 0.416 e. The highest BCUT2D eigenvalue weighted by atomic mass is 19.4. The average Bonchev–Trinajstić information content (AvgIpc) is 2.77. The molecule has 1 fully saturated rings. The van der Waals surface area contributed by atoms with Gasteiger partial charge in [0.1, 0.15) is 0 Å². The molecule has 1 saturated heterocycles. The summed E-state index contributed by atoms with van der Waals surface area (Å²) in [7, 11) is 1.54. The van der Waals surface area contributed by atoms with Crippen LogP contribution in [0.1, 0.15) is 18.9 Å². The van der Waals surface area contributed by atoms with Crippen molar-refractivity contribution in [2.45, 2.75) is 25.6 Å².